The molecule has 3 aromatic rings. The predicted molar refractivity (Wildman–Crippen MR) is 125 cm³/mol. The van der Waals surface area contributed by atoms with Crippen LogP contribution < -0.4 is 15.9 Å². The third kappa shape index (κ3) is 3.60. The van der Waals surface area contributed by atoms with E-state index in [-0.39, 0.29) is 0 Å². The van der Waals surface area contributed by atoms with Gasteiger partial charge < -0.3 is 0 Å². The molecule has 26 heavy (non-hydrogen) atoms. The zero-order valence-electron chi connectivity index (χ0n) is 15.3. The average Bonchev–Trinajstić information content (AvgIpc) is 2.68. The molecular weight excluding hydrogens is 450 g/mol. The normalized spacial score (nSPS) is 13.8. The molecule has 0 atom stereocenters. The van der Waals surface area contributed by atoms with Crippen LogP contribution in [0, 0.1) is 0 Å². The van der Waals surface area contributed by atoms with Gasteiger partial charge in [-0.2, -0.15) is 0 Å². The molecule has 0 unspecified atom stereocenters. The summed E-state index contributed by atoms with van der Waals surface area (Å²) < 4.78 is -2.74. The van der Waals surface area contributed by atoms with Crippen LogP contribution in [0.25, 0.3) is 0 Å². The molecule has 0 aliphatic carbocycles. The van der Waals surface area contributed by atoms with E-state index < -0.39 is 9.85 Å². The van der Waals surface area contributed by atoms with Crippen molar-refractivity contribution in [2.75, 3.05) is 6.16 Å². The summed E-state index contributed by atoms with van der Waals surface area (Å²) in [4.78, 5) is 0. The summed E-state index contributed by atoms with van der Waals surface area (Å²) in [5.74, 6) is 0. The van der Waals surface area contributed by atoms with E-state index in [1.165, 1.54) is 15.9 Å². The second-order valence-electron chi connectivity index (χ2n) is 7.48. The van der Waals surface area contributed by atoms with Crippen molar-refractivity contribution >= 4 is 42.2 Å². The van der Waals surface area contributed by atoms with Gasteiger partial charge in [0.05, 0.1) is 0 Å². The van der Waals surface area contributed by atoms with Gasteiger partial charge in [0.2, 0.25) is 0 Å². The van der Waals surface area contributed by atoms with Gasteiger partial charge in [0.25, 0.3) is 0 Å². The number of benzene rings is 3. The van der Waals surface area contributed by atoms with Crippen LogP contribution in [0.2, 0.25) is 0 Å². The van der Waals surface area contributed by atoms with E-state index >= 15 is 0 Å². The van der Waals surface area contributed by atoms with Crippen LogP contribution in [0.5, 0.6) is 0 Å². The molecule has 0 aromatic heterocycles. The van der Waals surface area contributed by atoms with Crippen LogP contribution in [0.4, 0.5) is 0 Å². The van der Waals surface area contributed by atoms with E-state index in [1.54, 1.807) is 0 Å². The standard InChI is InChI=1S/C23H26IOP/c1-23(2,25)18-19-26(24,20-12-6-3-7-13-20,21-14-8-4-9-15-21)22-16-10-5-11-17-22/h3-17,25H,18-19H2,1-2H3. The Morgan fingerprint density at radius 1 is 0.692 bits per heavy atom. The van der Waals surface area contributed by atoms with Crippen LogP contribution in [0.1, 0.15) is 20.3 Å². The summed E-state index contributed by atoms with van der Waals surface area (Å²) in [6.45, 7) is 3.82. The summed E-state index contributed by atoms with van der Waals surface area (Å²) >= 11 is 2.77. The van der Waals surface area contributed by atoms with Gasteiger partial charge in [-0.25, -0.2) is 0 Å². The molecular formula is C23H26IOP. The van der Waals surface area contributed by atoms with Gasteiger partial charge in [-0.1, -0.05) is 0 Å². The molecule has 1 nitrogen and oxygen atoms in total. The SMILES string of the molecule is CC(C)(O)CCP(I)(c1ccccc1)(c1ccccc1)c1ccccc1. The van der Waals surface area contributed by atoms with Crippen molar-refractivity contribution in [3.63, 3.8) is 0 Å². The van der Waals surface area contributed by atoms with E-state index in [0.717, 1.165) is 12.6 Å². The molecule has 0 amide bonds. The second kappa shape index (κ2) is 7.42. The van der Waals surface area contributed by atoms with Crippen LogP contribution >= 0.6 is 26.3 Å². The van der Waals surface area contributed by atoms with Gasteiger partial charge in [0, 0.05) is 0 Å². The van der Waals surface area contributed by atoms with Crippen molar-refractivity contribution in [3.05, 3.63) is 91.0 Å². The van der Waals surface area contributed by atoms with Crippen molar-refractivity contribution in [3.8, 4) is 0 Å². The van der Waals surface area contributed by atoms with Crippen molar-refractivity contribution in [2.45, 2.75) is 25.9 Å². The Bertz CT molecular complexity index is 742. The molecule has 0 spiro atoms. The molecule has 3 rings (SSSR count). The molecule has 3 aromatic carbocycles. The predicted octanol–water partition coefficient (Wildman–Crippen LogP) is 5.03. The molecule has 1 N–H and O–H groups in total. The fourth-order valence-corrected chi connectivity index (χ4v) is 12.2. The second-order valence-corrected chi connectivity index (χ2v) is 18.2. The van der Waals surface area contributed by atoms with Crippen LogP contribution in [0.3, 0.4) is 0 Å². The molecule has 0 bridgehead atoms. The summed E-state index contributed by atoms with van der Waals surface area (Å²) in [5.41, 5.74) is -0.702. The number of rotatable bonds is 6. The van der Waals surface area contributed by atoms with Gasteiger partial charge in [-0.3, -0.25) is 0 Å². The topological polar surface area (TPSA) is 20.2 Å². The van der Waals surface area contributed by atoms with Crippen LogP contribution in [0.15, 0.2) is 91.0 Å². The first-order valence-electron chi connectivity index (χ1n) is 8.97. The fraction of sp³-hybridized carbons (Fsp3) is 0.217. The Balaban J connectivity index is 2.35. The van der Waals surface area contributed by atoms with Crippen LogP contribution in [-0.4, -0.2) is 16.9 Å². The summed E-state index contributed by atoms with van der Waals surface area (Å²) in [7, 11) is 0. The third-order valence-corrected chi connectivity index (χ3v) is 16.7. The molecule has 0 aliphatic rings. The zero-order valence-corrected chi connectivity index (χ0v) is 18.4. The Hall–Kier alpha value is -1.22. The molecule has 0 heterocycles. The van der Waals surface area contributed by atoms with Gasteiger partial charge in [0.15, 0.2) is 0 Å². The fourth-order valence-electron chi connectivity index (χ4n) is 3.53. The maximum atomic E-state index is 10.6. The van der Waals surface area contributed by atoms with Crippen molar-refractivity contribution < 1.29 is 5.11 Å². The van der Waals surface area contributed by atoms with E-state index in [1.807, 2.05) is 13.8 Å². The Labute approximate surface area is 169 Å². The monoisotopic (exact) mass is 476 g/mol. The van der Waals surface area contributed by atoms with E-state index in [9.17, 15) is 5.11 Å². The van der Waals surface area contributed by atoms with Gasteiger partial charge >= 0.3 is 170 Å². The number of hydrogen-bond donors (Lipinski definition) is 1. The van der Waals surface area contributed by atoms with E-state index in [2.05, 4.69) is 113 Å². The zero-order chi connectivity index (χ0) is 18.7. The Morgan fingerprint density at radius 2 is 1.00 bits per heavy atom. The quantitative estimate of drug-likeness (QED) is 0.391. The van der Waals surface area contributed by atoms with Crippen LogP contribution in [-0.2, 0) is 0 Å². The van der Waals surface area contributed by atoms with E-state index in [4.69, 9.17) is 0 Å². The first-order chi connectivity index (χ1) is 12.3. The van der Waals surface area contributed by atoms with Crippen molar-refractivity contribution in [1.29, 1.82) is 0 Å². The molecule has 0 aliphatic heterocycles. The number of hydrogen-bond acceptors (Lipinski definition) is 1. The molecule has 136 valence electrons. The Morgan fingerprint density at radius 3 is 1.27 bits per heavy atom. The van der Waals surface area contributed by atoms with E-state index in [0.29, 0.717) is 0 Å². The van der Waals surface area contributed by atoms with Gasteiger partial charge in [0.1, 0.15) is 0 Å². The van der Waals surface area contributed by atoms with Gasteiger partial charge in [-0.15, -0.1) is 0 Å². The molecule has 0 saturated heterocycles. The minimum absolute atomic E-state index is 0.702. The minimum atomic E-state index is -2.74. The molecule has 3 heteroatoms. The van der Waals surface area contributed by atoms with Crippen molar-refractivity contribution in [2.24, 2.45) is 0 Å². The summed E-state index contributed by atoms with van der Waals surface area (Å²) in [5, 5.41) is 14.6. The first kappa shape index (κ1) is 19.5. The van der Waals surface area contributed by atoms with Crippen molar-refractivity contribution in [1.82, 2.24) is 0 Å². The van der Waals surface area contributed by atoms with Gasteiger partial charge in [-0.05, 0) is 0 Å². The Kier molecular flexibility index (Phi) is 5.58. The third-order valence-electron chi connectivity index (χ3n) is 5.03. The number of halogens is 1. The number of aliphatic hydroxyl groups is 1. The molecule has 0 saturated carbocycles. The summed E-state index contributed by atoms with van der Waals surface area (Å²) in [6.07, 6.45) is 1.67. The summed E-state index contributed by atoms with van der Waals surface area (Å²) in [6, 6.07) is 32.6. The first-order valence-corrected chi connectivity index (χ1v) is 14.2. The maximum absolute atomic E-state index is 10.6. The molecule has 0 fully saturated rings. The average molecular weight is 476 g/mol. The molecule has 0 radical (unpaired) electrons.